The maximum absolute atomic E-state index is 12.9. The summed E-state index contributed by atoms with van der Waals surface area (Å²) < 4.78 is 16.9. The van der Waals surface area contributed by atoms with Crippen molar-refractivity contribution in [2.24, 2.45) is 0 Å². The molecule has 0 bridgehead atoms. The van der Waals surface area contributed by atoms with E-state index in [1.54, 1.807) is 0 Å². The van der Waals surface area contributed by atoms with Crippen LogP contribution in [0, 0.1) is 0 Å². The van der Waals surface area contributed by atoms with E-state index in [1.165, 1.54) is 218 Å². The van der Waals surface area contributed by atoms with Crippen LogP contribution in [-0.2, 0) is 28.6 Å². The first kappa shape index (κ1) is 75.8. The van der Waals surface area contributed by atoms with E-state index in [-0.39, 0.29) is 31.1 Å². The number of hydrogen-bond donors (Lipinski definition) is 0. The van der Waals surface area contributed by atoms with Gasteiger partial charge in [-0.05, 0) is 89.9 Å². The van der Waals surface area contributed by atoms with Gasteiger partial charge < -0.3 is 14.2 Å². The fourth-order valence-corrected chi connectivity index (χ4v) is 10.1. The first-order valence-corrected chi connectivity index (χ1v) is 34.4. The molecule has 0 fully saturated rings. The van der Waals surface area contributed by atoms with Crippen LogP contribution in [0.2, 0.25) is 0 Å². The molecule has 458 valence electrons. The number of allylic oxidation sites excluding steroid dienone is 12. The maximum Gasteiger partial charge on any atom is 0.306 e. The van der Waals surface area contributed by atoms with Crippen LogP contribution in [0.25, 0.3) is 0 Å². The van der Waals surface area contributed by atoms with Crippen molar-refractivity contribution in [2.45, 2.75) is 361 Å². The standard InChI is InChI=1S/C73H130O6/c1-4-7-10-13-16-19-22-24-26-27-28-29-30-31-32-33-34-35-36-37-38-39-40-41-42-43-44-45-47-48-51-54-57-60-63-66-72(75)78-69-70(68-77-71(74)65-62-59-56-53-50-21-18-15-12-9-6-3)79-73(76)67-64-61-58-55-52-49-46-25-23-20-17-14-11-8-5-2/h7,10,16,19,24-26,28-29,31-32,46,70H,4-6,8-9,11-15,17-18,20-23,27,30,33-45,47-69H2,1-3H3/b10-7-,19-16-,26-24-,29-28-,32-31-,46-25-. The monoisotopic (exact) mass is 1100 g/mol. The van der Waals surface area contributed by atoms with Crippen LogP contribution >= 0.6 is 0 Å². The minimum absolute atomic E-state index is 0.0722. The molecule has 0 aromatic carbocycles. The normalized spacial score (nSPS) is 12.5. The fourth-order valence-electron chi connectivity index (χ4n) is 10.1. The second kappa shape index (κ2) is 67.4. The van der Waals surface area contributed by atoms with Crippen molar-refractivity contribution in [3.8, 4) is 0 Å². The Labute approximate surface area is 491 Å². The smallest absolute Gasteiger partial charge is 0.306 e. The van der Waals surface area contributed by atoms with Gasteiger partial charge in [-0.25, -0.2) is 0 Å². The maximum atomic E-state index is 12.9. The van der Waals surface area contributed by atoms with Gasteiger partial charge in [0.2, 0.25) is 0 Å². The first-order valence-electron chi connectivity index (χ1n) is 34.4. The number of ether oxygens (including phenoxy) is 3. The van der Waals surface area contributed by atoms with Crippen LogP contribution < -0.4 is 0 Å². The van der Waals surface area contributed by atoms with Crippen LogP contribution in [0.15, 0.2) is 72.9 Å². The highest BCUT2D eigenvalue weighted by Gasteiger charge is 2.19. The molecule has 0 aromatic heterocycles. The van der Waals surface area contributed by atoms with Gasteiger partial charge in [0.1, 0.15) is 13.2 Å². The molecule has 0 amide bonds. The van der Waals surface area contributed by atoms with Gasteiger partial charge in [0.15, 0.2) is 6.10 Å². The molecule has 0 saturated heterocycles. The molecular formula is C73H130O6. The zero-order chi connectivity index (χ0) is 57.1. The molecule has 6 nitrogen and oxygen atoms in total. The molecule has 0 rings (SSSR count). The molecule has 0 radical (unpaired) electrons. The highest BCUT2D eigenvalue weighted by atomic mass is 16.6. The third kappa shape index (κ3) is 65.5. The lowest BCUT2D eigenvalue weighted by Gasteiger charge is -2.18. The van der Waals surface area contributed by atoms with Gasteiger partial charge >= 0.3 is 17.9 Å². The van der Waals surface area contributed by atoms with Crippen molar-refractivity contribution in [1.29, 1.82) is 0 Å². The lowest BCUT2D eigenvalue weighted by molar-refractivity contribution is -0.167. The third-order valence-electron chi connectivity index (χ3n) is 15.2. The predicted molar refractivity (Wildman–Crippen MR) is 344 cm³/mol. The van der Waals surface area contributed by atoms with E-state index in [9.17, 15) is 14.4 Å². The lowest BCUT2D eigenvalue weighted by atomic mass is 10.0. The second-order valence-electron chi connectivity index (χ2n) is 23.1. The number of esters is 3. The molecule has 79 heavy (non-hydrogen) atoms. The SMILES string of the molecule is CC/C=C\C/C=C\C/C=C\C/C=C\C/C=C\CCCCCCCCCCCCCCCCCCCCCC(=O)OCC(COC(=O)CCCCCCCCCCCCC)OC(=O)CCCCCCC/C=C\CCCCCCCC. The van der Waals surface area contributed by atoms with Crippen molar-refractivity contribution >= 4 is 17.9 Å². The Hall–Kier alpha value is -3.15. The van der Waals surface area contributed by atoms with Crippen LogP contribution in [0.5, 0.6) is 0 Å². The molecule has 1 atom stereocenters. The van der Waals surface area contributed by atoms with Gasteiger partial charge in [0.05, 0.1) is 0 Å². The van der Waals surface area contributed by atoms with E-state index in [2.05, 4.69) is 93.7 Å². The molecule has 0 heterocycles. The van der Waals surface area contributed by atoms with E-state index in [0.29, 0.717) is 19.3 Å². The zero-order valence-electron chi connectivity index (χ0n) is 52.6. The Bertz CT molecular complexity index is 1450. The molecule has 0 spiro atoms. The number of unbranched alkanes of at least 4 members (excludes halogenated alkanes) is 40. The molecule has 6 heteroatoms. The van der Waals surface area contributed by atoms with Crippen molar-refractivity contribution in [3.05, 3.63) is 72.9 Å². The Morgan fingerprint density at radius 2 is 0.494 bits per heavy atom. The highest BCUT2D eigenvalue weighted by Crippen LogP contribution is 2.18. The first-order chi connectivity index (χ1) is 39.0. The molecule has 0 N–H and O–H groups in total. The molecule has 0 aliphatic heterocycles. The average molecular weight is 1100 g/mol. The van der Waals surface area contributed by atoms with Crippen molar-refractivity contribution < 1.29 is 28.6 Å². The summed E-state index contributed by atoms with van der Waals surface area (Å²) in [7, 11) is 0. The molecule has 1 unspecified atom stereocenters. The Balaban J connectivity index is 4.06. The Morgan fingerprint density at radius 3 is 0.785 bits per heavy atom. The second-order valence-corrected chi connectivity index (χ2v) is 23.1. The summed E-state index contributed by atoms with van der Waals surface area (Å²) in [6.45, 7) is 6.55. The Kier molecular flexibility index (Phi) is 64.7. The fraction of sp³-hybridized carbons (Fsp3) is 0.795. The lowest BCUT2D eigenvalue weighted by Crippen LogP contribution is -2.30. The average Bonchev–Trinajstić information content (AvgIpc) is 3.45. The minimum atomic E-state index is -0.775. The van der Waals surface area contributed by atoms with Gasteiger partial charge in [-0.15, -0.1) is 0 Å². The minimum Gasteiger partial charge on any atom is -0.462 e. The van der Waals surface area contributed by atoms with Crippen molar-refractivity contribution in [3.63, 3.8) is 0 Å². The van der Waals surface area contributed by atoms with Crippen LogP contribution in [0.4, 0.5) is 0 Å². The predicted octanol–water partition coefficient (Wildman–Crippen LogP) is 23.7. The summed E-state index contributed by atoms with van der Waals surface area (Å²) in [6, 6.07) is 0. The molecule has 0 aliphatic rings. The van der Waals surface area contributed by atoms with Gasteiger partial charge in [-0.1, -0.05) is 318 Å². The number of rotatable bonds is 63. The number of carbonyl (C=O) groups is 3. The summed E-state index contributed by atoms with van der Waals surface area (Å²) >= 11 is 0. The quantitative estimate of drug-likeness (QED) is 0.0261. The van der Waals surface area contributed by atoms with E-state index in [4.69, 9.17) is 14.2 Å². The van der Waals surface area contributed by atoms with Crippen LogP contribution in [0.1, 0.15) is 355 Å². The highest BCUT2D eigenvalue weighted by molar-refractivity contribution is 5.71. The van der Waals surface area contributed by atoms with Crippen LogP contribution in [0.3, 0.4) is 0 Å². The molecule has 0 aliphatic carbocycles. The van der Waals surface area contributed by atoms with Gasteiger partial charge in [0.25, 0.3) is 0 Å². The molecule has 0 saturated carbocycles. The van der Waals surface area contributed by atoms with Crippen molar-refractivity contribution in [1.82, 2.24) is 0 Å². The third-order valence-corrected chi connectivity index (χ3v) is 15.2. The Morgan fingerprint density at radius 1 is 0.266 bits per heavy atom. The summed E-state index contributed by atoms with van der Waals surface area (Å²) in [4.78, 5) is 38.2. The van der Waals surface area contributed by atoms with Crippen molar-refractivity contribution in [2.75, 3.05) is 13.2 Å². The van der Waals surface area contributed by atoms with E-state index in [1.807, 2.05) is 0 Å². The van der Waals surface area contributed by atoms with Gasteiger partial charge in [-0.3, -0.25) is 14.4 Å². The summed E-state index contributed by atoms with van der Waals surface area (Å²) in [5.74, 6) is -0.861. The summed E-state index contributed by atoms with van der Waals surface area (Å²) in [6.07, 6.45) is 88.0. The van der Waals surface area contributed by atoms with E-state index in [0.717, 1.165) is 96.3 Å². The number of carbonyl (C=O) groups excluding carboxylic acids is 3. The van der Waals surface area contributed by atoms with E-state index < -0.39 is 6.10 Å². The largest absolute Gasteiger partial charge is 0.462 e. The van der Waals surface area contributed by atoms with Crippen LogP contribution in [-0.4, -0.2) is 37.2 Å². The van der Waals surface area contributed by atoms with E-state index >= 15 is 0 Å². The molecular weight excluding hydrogens is 973 g/mol. The topological polar surface area (TPSA) is 78.9 Å². The summed E-state index contributed by atoms with van der Waals surface area (Å²) in [5.41, 5.74) is 0. The summed E-state index contributed by atoms with van der Waals surface area (Å²) in [5, 5.41) is 0. The number of hydrogen-bond acceptors (Lipinski definition) is 6. The van der Waals surface area contributed by atoms with Gasteiger partial charge in [0, 0.05) is 19.3 Å². The molecule has 0 aromatic rings. The van der Waals surface area contributed by atoms with Gasteiger partial charge in [-0.2, -0.15) is 0 Å². The zero-order valence-corrected chi connectivity index (χ0v) is 52.6.